The zero-order valence-electron chi connectivity index (χ0n) is 24.3. The molecule has 3 heterocycles. The van der Waals surface area contributed by atoms with E-state index in [1.807, 2.05) is 6.07 Å². The summed E-state index contributed by atoms with van der Waals surface area (Å²) in [6, 6.07) is 56.5. The van der Waals surface area contributed by atoms with Gasteiger partial charge in [-0.2, -0.15) is 0 Å². The van der Waals surface area contributed by atoms with Crippen LogP contribution in [0.5, 0.6) is 0 Å². The highest BCUT2D eigenvalue weighted by molar-refractivity contribution is 6.17. The maximum atomic E-state index is 6.44. The van der Waals surface area contributed by atoms with Crippen LogP contribution in [0.3, 0.4) is 0 Å². The first kappa shape index (κ1) is 24.4. The third-order valence-electron chi connectivity index (χ3n) is 9.32. The Hall–Kier alpha value is -6.06. The molecule has 10 aromatic rings. The van der Waals surface area contributed by atoms with E-state index in [9.17, 15) is 0 Å². The van der Waals surface area contributed by atoms with E-state index in [2.05, 4.69) is 161 Å². The van der Waals surface area contributed by atoms with E-state index in [4.69, 9.17) is 4.42 Å². The van der Waals surface area contributed by atoms with Crippen molar-refractivity contribution in [2.45, 2.75) is 0 Å². The summed E-state index contributed by atoms with van der Waals surface area (Å²) >= 11 is 0. The van der Waals surface area contributed by atoms with Gasteiger partial charge in [-0.15, -0.1) is 0 Å². The first-order valence-electron chi connectivity index (χ1n) is 15.4. The first-order chi connectivity index (χ1) is 22.3. The number of hydrogen-bond donors (Lipinski definition) is 0. The molecule has 0 amide bonds. The molecule has 0 radical (unpaired) electrons. The van der Waals surface area contributed by atoms with Gasteiger partial charge >= 0.3 is 0 Å². The fourth-order valence-corrected chi connectivity index (χ4v) is 7.42. The largest absolute Gasteiger partial charge is 0.456 e. The van der Waals surface area contributed by atoms with Crippen LogP contribution in [-0.2, 0) is 0 Å². The van der Waals surface area contributed by atoms with Crippen LogP contribution < -0.4 is 0 Å². The molecule has 0 saturated heterocycles. The molecule has 0 aliphatic carbocycles. The monoisotopic (exact) mass is 574 g/mol. The average Bonchev–Trinajstić information content (AvgIpc) is 3.76. The molecule has 0 fully saturated rings. The van der Waals surface area contributed by atoms with E-state index in [1.54, 1.807) is 0 Å². The molecule has 7 aromatic carbocycles. The molecule has 0 atom stereocenters. The molecule has 45 heavy (non-hydrogen) atoms. The van der Waals surface area contributed by atoms with Gasteiger partial charge < -0.3 is 13.6 Å². The van der Waals surface area contributed by atoms with Crippen LogP contribution >= 0.6 is 0 Å². The van der Waals surface area contributed by atoms with Crippen LogP contribution in [0.25, 0.3) is 88.1 Å². The molecule has 10 rings (SSSR count). The van der Waals surface area contributed by atoms with Gasteiger partial charge in [0.25, 0.3) is 0 Å². The molecular formula is C42H26N2O. The molecule has 3 nitrogen and oxygen atoms in total. The van der Waals surface area contributed by atoms with E-state index in [1.165, 1.54) is 49.2 Å². The van der Waals surface area contributed by atoms with Gasteiger partial charge in [-0.3, -0.25) is 0 Å². The van der Waals surface area contributed by atoms with Crippen LogP contribution in [-0.4, -0.2) is 9.13 Å². The van der Waals surface area contributed by atoms with Crippen molar-refractivity contribution >= 4 is 65.6 Å². The summed E-state index contributed by atoms with van der Waals surface area (Å²) in [5.41, 5.74) is 11.2. The van der Waals surface area contributed by atoms with E-state index in [0.29, 0.717) is 0 Å². The number of para-hydroxylation sites is 4. The Kier molecular flexibility index (Phi) is 5.00. The van der Waals surface area contributed by atoms with Crippen molar-refractivity contribution < 1.29 is 4.42 Å². The van der Waals surface area contributed by atoms with E-state index >= 15 is 0 Å². The second-order valence-electron chi connectivity index (χ2n) is 11.7. The minimum atomic E-state index is 0.888. The summed E-state index contributed by atoms with van der Waals surface area (Å²) in [4.78, 5) is 0. The second-order valence-corrected chi connectivity index (χ2v) is 11.7. The molecular weight excluding hydrogens is 548 g/mol. The van der Waals surface area contributed by atoms with Gasteiger partial charge in [0.2, 0.25) is 0 Å². The summed E-state index contributed by atoms with van der Waals surface area (Å²) < 4.78 is 11.3. The number of aromatic nitrogens is 2. The Bertz CT molecular complexity index is 2710. The van der Waals surface area contributed by atoms with Gasteiger partial charge in [-0.1, -0.05) is 103 Å². The Morgan fingerprint density at radius 1 is 0.378 bits per heavy atom. The van der Waals surface area contributed by atoms with Crippen molar-refractivity contribution in [3.8, 4) is 22.5 Å². The van der Waals surface area contributed by atoms with Gasteiger partial charge in [0.05, 0.1) is 33.1 Å². The number of benzene rings is 7. The number of furan rings is 1. The third-order valence-corrected chi connectivity index (χ3v) is 9.32. The van der Waals surface area contributed by atoms with Gasteiger partial charge in [-0.05, 0) is 60.2 Å². The Morgan fingerprint density at radius 3 is 1.64 bits per heavy atom. The van der Waals surface area contributed by atoms with Gasteiger partial charge in [-0.25, -0.2) is 0 Å². The van der Waals surface area contributed by atoms with E-state index in [0.717, 1.165) is 38.8 Å². The molecule has 0 N–H and O–H groups in total. The van der Waals surface area contributed by atoms with Crippen molar-refractivity contribution in [3.05, 3.63) is 158 Å². The third kappa shape index (κ3) is 3.41. The predicted molar refractivity (Wildman–Crippen MR) is 188 cm³/mol. The van der Waals surface area contributed by atoms with E-state index < -0.39 is 0 Å². The van der Waals surface area contributed by atoms with Crippen molar-refractivity contribution in [1.29, 1.82) is 0 Å². The zero-order chi connectivity index (χ0) is 29.5. The van der Waals surface area contributed by atoms with Crippen LogP contribution in [0.2, 0.25) is 0 Å². The number of rotatable bonds is 3. The summed E-state index contributed by atoms with van der Waals surface area (Å²) in [7, 11) is 0. The molecule has 3 aromatic heterocycles. The van der Waals surface area contributed by atoms with Gasteiger partial charge in [0, 0.05) is 38.2 Å². The molecule has 3 heteroatoms. The minimum Gasteiger partial charge on any atom is -0.456 e. The van der Waals surface area contributed by atoms with Crippen molar-refractivity contribution in [1.82, 2.24) is 9.13 Å². The molecule has 0 aliphatic rings. The highest BCUT2D eigenvalue weighted by Gasteiger charge is 2.22. The van der Waals surface area contributed by atoms with Gasteiger partial charge in [0.15, 0.2) is 0 Å². The number of fused-ring (bicyclic) bond motifs is 9. The molecule has 0 spiro atoms. The standard InChI is InChI=1S/C42H26N2O/c1-2-12-27(13-3-1)29-23-25-40-41(33-17-7-11-21-39(33)45-40)42(29)44-37-20-10-6-16-32(37)34-26-28(22-24-38(34)44)43-35-18-8-4-14-30(35)31-15-5-9-19-36(31)43/h1-26H. The van der Waals surface area contributed by atoms with Crippen molar-refractivity contribution in [3.63, 3.8) is 0 Å². The number of hydrogen-bond acceptors (Lipinski definition) is 1. The zero-order valence-corrected chi connectivity index (χ0v) is 24.3. The summed E-state index contributed by atoms with van der Waals surface area (Å²) in [5.74, 6) is 0. The smallest absolute Gasteiger partial charge is 0.137 e. The SMILES string of the molecule is c1ccc(-c2ccc3oc4ccccc4c3c2-n2c3ccccc3c3cc(-n4c5ccccc5c5ccccc54)ccc32)cc1. The fraction of sp³-hybridized carbons (Fsp3) is 0. The maximum absolute atomic E-state index is 6.44. The Labute approximate surface area is 258 Å². The molecule has 0 unspecified atom stereocenters. The molecule has 0 aliphatic heterocycles. The Balaban J connectivity index is 1.35. The van der Waals surface area contributed by atoms with Crippen LogP contribution in [0, 0.1) is 0 Å². The first-order valence-corrected chi connectivity index (χ1v) is 15.4. The van der Waals surface area contributed by atoms with Crippen molar-refractivity contribution in [2.24, 2.45) is 0 Å². The molecule has 0 saturated carbocycles. The highest BCUT2D eigenvalue weighted by atomic mass is 16.3. The Morgan fingerprint density at radius 2 is 0.933 bits per heavy atom. The quantitative estimate of drug-likeness (QED) is 0.206. The maximum Gasteiger partial charge on any atom is 0.137 e. The lowest BCUT2D eigenvalue weighted by atomic mass is 9.99. The number of nitrogens with zero attached hydrogens (tertiary/aromatic N) is 2. The predicted octanol–water partition coefficient (Wildman–Crippen LogP) is 11.4. The van der Waals surface area contributed by atoms with Crippen molar-refractivity contribution in [2.75, 3.05) is 0 Å². The lowest BCUT2D eigenvalue weighted by Crippen LogP contribution is -1.99. The van der Waals surface area contributed by atoms with Gasteiger partial charge in [0.1, 0.15) is 11.2 Å². The molecule has 210 valence electrons. The molecule has 0 bridgehead atoms. The summed E-state index contributed by atoms with van der Waals surface area (Å²) in [6.45, 7) is 0. The van der Waals surface area contributed by atoms with Crippen LogP contribution in [0.15, 0.2) is 162 Å². The topological polar surface area (TPSA) is 23.0 Å². The fourth-order valence-electron chi connectivity index (χ4n) is 7.42. The average molecular weight is 575 g/mol. The lowest BCUT2D eigenvalue weighted by Gasteiger charge is -2.16. The van der Waals surface area contributed by atoms with Crippen LogP contribution in [0.1, 0.15) is 0 Å². The summed E-state index contributed by atoms with van der Waals surface area (Å²) in [5, 5.41) is 7.21. The minimum absolute atomic E-state index is 0.888. The second kappa shape index (κ2) is 9.22. The highest BCUT2D eigenvalue weighted by Crippen LogP contribution is 2.44. The van der Waals surface area contributed by atoms with Crippen LogP contribution in [0.4, 0.5) is 0 Å². The normalized spacial score (nSPS) is 12.0. The van der Waals surface area contributed by atoms with E-state index in [-0.39, 0.29) is 0 Å². The lowest BCUT2D eigenvalue weighted by molar-refractivity contribution is 0.669. The summed E-state index contributed by atoms with van der Waals surface area (Å²) in [6.07, 6.45) is 0.